The van der Waals surface area contributed by atoms with Crippen molar-refractivity contribution in [3.8, 4) is 5.75 Å². The van der Waals surface area contributed by atoms with Crippen LogP contribution >= 0.6 is 0 Å². The first kappa shape index (κ1) is 22.1. The molecule has 28 heavy (non-hydrogen) atoms. The lowest BCUT2D eigenvalue weighted by Crippen LogP contribution is -2.21. The fourth-order valence-electron chi connectivity index (χ4n) is 2.54. The molecule has 2 aromatic rings. The van der Waals surface area contributed by atoms with E-state index in [4.69, 9.17) is 28.4 Å². The summed E-state index contributed by atoms with van der Waals surface area (Å²) in [5.74, 6) is -0.0322. The maximum Gasteiger partial charge on any atom is 0.341 e. The Kier molecular flexibility index (Phi) is 9.71. The number of fused-ring (bicyclic) bond motifs is 1. The van der Waals surface area contributed by atoms with Crippen molar-refractivity contribution in [2.75, 3.05) is 53.9 Å². The molecule has 0 fully saturated rings. The number of hydrogen-bond donors (Lipinski definition) is 0. The Morgan fingerprint density at radius 1 is 0.893 bits per heavy atom. The predicted octanol–water partition coefficient (Wildman–Crippen LogP) is 3.05. The van der Waals surface area contributed by atoms with Crippen molar-refractivity contribution in [2.45, 2.75) is 13.2 Å². The number of ether oxygens (including phenoxy) is 6. The summed E-state index contributed by atoms with van der Waals surface area (Å²) in [7, 11) is 2.98. The van der Waals surface area contributed by atoms with E-state index in [1.807, 2.05) is 30.3 Å². The molecule has 0 bridgehead atoms. The van der Waals surface area contributed by atoms with Crippen LogP contribution in [0.4, 0.5) is 0 Å². The Morgan fingerprint density at radius 3 is 2.14 bits per heavy atom. The zero-order chi connectivity index (χ0) is 20.2. The van der Waals surface area contributed by atoms with Gasteiger partial charge in [-0.05, 0) is 29.8 Å². The van der Waals surface area contributed by atoms with Gasteiger partial charge in [0, 0.05) is 7.11 Å². The first-order valence-electron chi connectivity index (χ1n) is 9.19. The third-order valence-electron chi connectivity index (χ3n) is 3.93. The molecule has 154 valence electrons. The Labute approximate surface area is 165 Å². The molecule has 0 saturated carbocycles. The summed E-state index contributed by atoms with van der Waals surface area (Å²) in [6.07, 6.45) is -0.550. The van der Waals surface area contributed by atoms with E-state index in [1.54, 1.807) is 20.1 Å². The summed E-state index contributed by atoms with van der Waals surface area (Å²) in [6, 6.07) is 11.3. The summed E-state index contributed by atoms with van der Waals surface area (Å²) in [4.78, 5) is 12.1. The third kappa shape index (κ3) is 7.09. The van der Waals surface area contributed by atoms with Gasteiger partial charge in [-0.2, -0.15) is 0 Å². The Morgan fingerprint density at radius 2 is 1.50 bits per heavy atom. The molecule has 0 spiro atoms. The number of benzene rings is 2. The second-order valence-corrected chi connectivity index (χ2v) is 5.96. The molecule has 1 atom stereocenters. The van der Waals surface area contributed by atoms with Gasteiger partial charge >= 0.3 is 5.97 Å². The lowest BCUT2D eigenvalue weighted by Gasteiger charge is -2.18. The minimum atomic E-state index is -0.550. The van der Waals surface area contributed by atoms with Gasteiger partial charge < -0.3 is 28.4 Å². The Balaban J connectivity index is 1.81. The summed E-state index contributed by atoms with van der Waals surface area (Å²) in [5, 5.41) is 1.90. The first-order chi connectivity index (χ1) is 13.7. The van der Waals surface area contributed by atoms with Crippen LogP contribution in [0.1, 0.15) is 17.3 Å². The number of methoxy groups -OCH3 is 2. The van der Waals surface area contributed by atoms with Gasteiger partial charge in [-0.3, -0.25) is 0 Å². The van der Waals surface area contributed by atoms with Gasteiger partial charge in [-0.25, -0.2) is 4.79 Å². The first-order valence-corrected chi connectivity index (χ1v) is 9.19. The van der Waals surface area contributed by atoms with Crippen LogP contribution in [0.25, 0.3) is 10.8 Å². The molecule has 0 aliphatic rings. The predicted molar refractivity (Wildman–Crippen MR) is 105 cm³/mol. The van der Waals surface area contributed by atoms with Gasteiger partial charge in [0.2, 0.25) is 0 Å². The van der Waals surface area contributed by atoms with E-state index in [1.165, 1.54) is 7.11 Å². The van der Waals surface area contributed by atoms with Gasteiger partial charge in [0.15, 0.2) is 6.29 Å². The van der Waals surface area contributed by atoms with Crippen LogP contribution < -0.4 is 4.74 Å². The largest absolute Gasteiger partial charge is 0.465 e. The number of rotatable bonds is 13. The van der Waals surface area contributed by atoms with Crippen molar-refractivity contribution in [3.63, 3.8) is 0 Å². The van der Waals surface area contributed by atoms with Gasteiger partial charge in [0.25, 0.3) is 0 Å². The fraction of sp³-hybridized carbons (Fsp3) is 0.476. The van der Waals surface area contributed by atoms with Gasteiger partial charge in [-0.15, -0.1) is 0 Å². The highest BCUT2D eigenvalue weighted by Gasteiger charge is 2.17. The molecule has 0 aromatic heterocycles. The Bertz CT molecular complexity index is 732. The smallest absolute Gasteiger partial charge is 0.341 e. The van der Waals surface area contributed by atoms with E-state index in [-0.39, 0.29) is 0 Å². The SMILES string of the molecule is COCCOCCOCCOC(C)Oc1cc2ccccc2cc1C(=O)OC. The summed E-state index contributed by atoms with van der Waals surface area (Å²) in [6.45, 7) is 4.66. The molecule has 1 unspecified atom stereocenters. The van der Waals surface area contributed by atoms with Crippen molar-refractivity contribution in [2.24, 2.45) is 0 Å². The normalized spacial score (nSPS) is 12.1. The standard InChI is InChI=1S/C21H28O7/c1-16(27-13-12-26-11-10-25-9-8-23-2)28-20-15-18-7-5-4-6-17(18)14-19(20)21(22)24-3/h4-7,14-16H,8-13H2,1-3H3. The molecule has 0 N–H and O–H groups in total. The van der Waals surface area contributed by atoms with Crippen LogP contribution in [-0.4, -0.2) is 66.1 Å². The van der Waals surface area contributed by atoms with Crippen molar-refractivity contribution in [1.82, 2.24) is 0 Å². The highest BCUT2D eigenvalue weighted by Crippen LogP contribution is 2.27. The molecule has 0 aliphatic carbocycles. The molecule has 2 aromatic carbocycles. The van der Waals surface area contributed by atoms with E-state index in [9.17, 15) is 4.79 Å². The molecule has 0 amide bonds. The van der Waals surface area contributed by atoms with E-state index >= 15 is 0 Å². The van der Waals surface area contributed by atoms with E-state index in [0.717, 1.165) is 10.8 Å². The van der Waals surface area contributed by atoms with Gasteiger partial charge in [-0.1, -0.05) is 24.3 Å². The molecule has 0 saturated heterocycles. The summed E-state index contributed by atoms with van der Waals surface area (Å²) < 4.78 is 31.9. The molecule has 0 heterocycles. The zero-order valence-electron chi connectivity index (χ0n) is 16.6. The summed E-state index contributed by atoms with van der Waals surface area (Å²) >= 11 is 0. The van der Waals surface area contributed by atoms with Gasteiger partial charge in [0.1, 0.15) is 11.3 Å². The van der Waals surface area contributed by atoms with Crippen LogP contribution in [0.5, 0.6) is 5.75 Å². The molecular weight excluding hydrogens is 364 g/mol. The molecule has 7 heteroatoms. The van der Waals surface area contributed by atoms with E-state index in [0.29, 0.717) is 51.0 Å². The van der Waals surface area contributed by atoms with E-state index in [2.05, 4.69) is 0 Å². The lowest BCUT2D eigenvalue weighted by molar-refractivity contribution is -0.0866. The fourth-order valence-corrected chi connectivity index (χ4v) is 2.54. The molecular formula is C21H28O7. The van der Waals surface area contributed by atoms with Gasteiger partial charge in [0.05, 0.1) is 46.8 Å². The molecule has 7 nitrogen and oxygen atoms in total. The molecule has 0 aliphatic heterocycles. The van der Waals surface area contributed by atoms with Crippen molar-refractivity contribution in [1.29, 1.82) is 0 Å². The maximum absolute atomic E-state index is 12.1. The van der Waals surface area contributed by atoms with Crippen molar-refractivity contribution >= 4 is 16.7 Å². The highest BCUT2D eigenvalue weighted by atomic mass is 16.7. The third-order valence-corrected chi connectivity index (χ3v) is 3.93. The van der Waals surface area contributed by atoms with Crippen molar-refractivity contribution < 1.29 is 33.2 Å². The monoisotopic (exact) mass is 392 g/mol. The Hall–Kier alpha value is -2.19. The second-order valence-electron chi connectivity index (χ2n) is 5.96. The van der Waals surface area contributed by atoms with Crippen LogP contribution in [0.3, 0.4) is 0 Å². The highest BCUT2D eigenvalue weighted by molar-refractivity contribution is 5.98. The van der Waals surface area contributed by atoms with Crippen molar-refractivity contribution in [3.05, 3.63) is 42.0 Å². The van der Waals surface area contributed by atoms with Crippen LogP contribution in [-0.2, 0) is 23.7 Å². The lowest BCUT2D eigenvalue weighted by atomic mass is 10.1. The summed E-state index contributed by atoms with van der Waals surface area (Å²) in [5.41, 5.74) is 0.362. The van der Waals surface area contributed by atoms with E-state index < -0.39 is 12.3 Å². The van der Waals surface area contributed by atoms with Crippen LogP contribution in [0.15, 0.2) is 36.4 Å². The van der Waals surface area contributed by atoms with Crippen LogP contribution in [0.2, 0.25) is 0 Å². The number of carbonyl (C=O) groups is 1. The average Bonchev–Trinajstić information content (AvgIpc) is 2.71. The van der Waals surface area contributed by atoms with Crippen LogP contribution in [0, 0.1) is 0 Å². The quantitative estimate of drug-likeness (QED) is 0.295. The molecule has 0 radical (unpaired) electrons. The maximum atomic E-state index is 12.1. The molecule has 2 rings (SSSR count). The second kappa shape index (κ2) is 12.3. The topological polar surface area (TPSA) is 72.5 Å². The number of esters is 1. The average molecular weight is 392 g/mol. The number of hydrogen-bond acceptors (Lipinski definition) is 7. The minimum absolute atomic E-state index is 0.361. The minimum Gasteiger partial charge on any atom is -0.465 e. The number of carbonyl (C=O) groups excluding carboxylic acids is 1. The zero-order valence-corrected chi connectivity index (χ0v) is 16.6.